The number of hydrogen-bond acceptors (Lipinski definition) is 2. The molecule has 2 nitrogen and oxygen atoms in total. The van der Waals surface area contributed by atoms with E-state index in [-0.39, 0.29) is 0 Å². The molecule has 0 saturated heterocycles. The van der Waals surface area contributed by atoms with Crippen molar-refractivity contribution in [2.45, 2.75) is 0 Å². The van der Waals surface area contributed by atoms with Gasteiger partial charge in [-0.25, -0.2) is 0 Å². The van der Waals surface area contributed by atoms with Gasteiger partial charge in [-0.05, 0) is 42.0 Å². The van der Waals surface area contributed by atoms with Crippen LogP contribution in [-0.4, -0.2) is 13.4 Å². The second-order valence-electron chi connectivity index (χ2n) is 3.74. The first kappa shape index (κ1) is 12.9. The van der Waals surface area contributed by atoms with E-state index in [0.29, 0.717) is 21.4 Å². The fraction of sp³-hybridized carbons (Fsp3) is 0.0714. The Labute approximate surface area is 115 Å². The van der Waals surface area contributed by atoms with E-state index in [1.54, 1.807) is 43.5 Å². The first-order valence-corrected chi connectivity index (χ1v) is 5.99. The molecule has 0 N–H and O–H groups in total. The number of ether oxygens (including phenoxy) is 1. The molecule has 0 spiro atoms. The van der Waals surface area contributed by atoms with Gasteiger partial charge in [0, 0.05) is 21.2 Å². The molecule has 0 unspecified atom stereocenters. The highest BCUT2D eigenvalue weighted by Crippen LogP contribution is 2.34. The molecule has 0 aliphatic rings. The quantitative estimate of drug-likeness (QED) is 0.775. The molecule has 2 rings (SSSR count). The summed E-state index contributed by atoms with van der Waals surface area (Å²) in [5.74, 6) is 0.666. The molecular formula is C14H10Cl2O2. The van der Waals surface area contributed by atoms with Crippen molar-refractivity contribution in [2.75, 3.05) is 7.11 Å². The summed E-state index contributed by atoms with van der Waals surface area (Å²) in [6.45, 7) is 0. The van der Waals surface area contributed by atoms with E-state index in [2.05, 4.69) is 0 Å². The van der Waals surface area contributed by atoms with Crippen molar-refractivity contribution in [3.8, 4) is 16.9 Å². The lowest BCUT2D eigenvalue weighted by Gasteiger charge is -2.10. The average molecular weight is 281 g/mol. The topological polar surface area (TPSA) is 26.3 Å². The minimum atomic E-state index is 0.538. The molecule has 2 aromatic rings. The Balaban J connectivity index is 2.63. The number of benzene rings is 2. The lowest BCUT2D eigenvalue weighted by atomic mass is 10.0. The fourth-order valence-electron chi connectivity index (χ4n) is 1.73. The molecule has 0 heterocycles. The molecule has 0 amide bonds. The van der Waals surface area contributed by atoms with Crippen LogP contribution >= 0.6 is 23.2 Å². The zero-order chi connectivity index (χ0) is 13.1. The molecule has 18 heavy (non-hydrogen) atoms. The lowest BCUT2D eigenvalue weighted by molar-refractivity contribution is 0.112. The van der Waals surface area contributed by atoms with E-state index in [4.69, 9.17) is 27.9 Å². The van der Waals surface area contributed by atoms with Gasteiger partial charge in [-0.3, -0.25) is 4.79 Å². The Morgan fingerprint density at radius 2 is 1.72 bits per heavy atom. The molecule has 2 aromatic carbocycles. The van der Waals surface area contributed by atoms with Crippen LogP contribution in [0.5, 0.6) is 5.75 Å². The van der Waals surface area contributed by atoms with Gasteiger partial charge in [-0.2, -0.15) is 0 Å². The molecule has 0 aromatic heterocycles. The van der Waals surface area contributed by atoms with Crippen molar-refractivity contribution >= 4 is 29.5 Å². The Bertz CT molecular complexity index is 574. The van der Waals surface area contributed by atoms with Gasteiger partial charge >= 0.3 is 0 Å². The van der Waals surface area contributed by atoms with E-state index < -0.39 is 0 Å². The predicted molar refractivity (Wildman–Crippen MR) is 73.8 cm³/mol. The fourth-order valence-corrected chi connectivity index (χ4v) is 2.26. The zero-order valence-corrected chi connectivity index (χ0v) is 11.1. The Hall–Kier alpha value is -1.51. The minimum Gasteiger partial charge on any atom is -0.496 e. The maximum Gasteiger partial charge on any atom is 0.150 e. The minimum absolute atomic E-state index is 0.538. The lowest BCUT2D eigenvalue weighted by Crippen LogP contribution is -1.90. The summed E-state index contributed by atoms with van der Waals surface area (Å²) in [5, 5.41) is 1.08. The molecule has 0 saturated carbocycles. The number of hydrogen-bond donors (Lipinski definition) is 0. The van der Waals surface area contributed by atoms with Gasteiger partial charge in [0.05, 0.1) is 7.11 Å². The summed E-state index contributed by atoms with van der Waals surface area (Å²) < 4.78 is 5.28. The van der Waals surface area contributed by atoms with Crippen molar-refractivity contribution < 1.29 is 9.53 Å². The number of methoxy groups -OCH3 is 1. The van der Waals surface area contributed by atoms with Gasteiger partial charge < -0.3 is 4.74 Å². The van der Waals surface area contributed by atoms with Crippen LogP contribution in [0.2, 0.25) is 10.0 Å². The molecule has 92 valence electrons. The van der Waals surface area contributed by atoms with Crippen LogP contribution in [0.25, 0.3) is 11.1 Å². The second-order valence-corrected chi connectivity index (χ2v) is 4.61. The smallest absolute Gasteiger partial charge is 0.150 e. The van der Waals surface area contributed by atoms with Crippen LogP contribution in [0.15, 0.2) is 36.4 Å². The molecule has 0 aliphatic heterocycles. The number of carbonyl (C=O) groups excluding carboxylic acids is 1. The first-order valence-electron chi connectivity index (χ1n) is 5.23. The van der Waals surface area contributed by atoms with Gasteiger partial charge in [0.1, 0.15) is 12.0 Å². The second kappa shape index (κ2) is 5.42. The molecule has 0 fully saturated rings. The Kier molecular flexibility index (Phi) is 3.90. The van der Waals surface area contributed by atoms with Crippen LogP contribution in [0.4, 0.5) is 0 Å². The number of carbonyl (C=O) groups is 1. The monoisotopic (exact) mass is 280 g/mol. The van der Waals surface area contributed by atoms with Crippen LogP contribution in [0.3, 0.4) is 0 Å². The average Bonchev–Trinajstić information content (AvgIpc) is 2.36. The molecule has 4 heteroatoms. The van der Waals surface area contributed by atoms with Crippen molar-refractivity contribution in [1.29, 1.82) is 0 Å². The summed E-state index contributed by atoms with van der Waals surface area (Å²) >= 11 is 11.9. The van der Waals surface area contributed by atoms with E-state index in [0.717, 1.165) is 17.4 Å². The first-order chi connectivity index (χ1) is 8.63. The highest BCUT2D eigenvalue weighted by atomic mass is 35.5. The summed E-state index contributed by atoms with van der Waals surface area (Å²) in [7, 11) is 1.57. The van der Waals surface area contributed by atoms with Crippen molar-refractivity contribution in [1.82, 2.24) is 0 Å². The Morgan fingerprint density at radius 3 is 2.28 bits per heavy atom. The summed E-state index contributed by atoms with van der Waals surface area (Å²) in [4.78, 5) is 10.8. The summed E-state index contributed by atoms with van der Waals surface area (Å²) in [6, 6.07) is 10.4. The molecule has 0 aliphatic carbocycles. The summed E-state index contributed by atoms with van der Waals surface area (Å²) in [5.41, 5.74) is 2.17. The highest BCUT2D eigenvalue weighted by molar-refractivity contribution is 6.35. The van der Waals surface area contributed by atoms with Crippen LogP contribution in [0, 0.1) is 0 Å². The van der Waals surface area contributed by atoms with Crippen LogP contribution in [0.1, 0.15) is 10.4 Å². The third kappa shape index (κ3) is 2.66. The number of rotatable bonds is 3. The van der Waals surface area contributed by atoms with Crippen LogP contribution < -0.4 is 4.74 Å². The maximum atomic E-state index is 10.8. The predicted octanol–water partition coefficient (Wildman–Crippen LogP) is 4.48. The van der Waals surface area contributed by atoms with Gasteiger partial charge in [-0.15, -0.1) is 0 Å². The molecular weight excluding hydrogens is 271 g/mol. The van der Waals surface area contributed by atoms with E-state index in [1.807, 2.05) is 0 Å². The van der Waals surface area contributed by atoms with Gasteiger partial charge in [0.2, 0.25) is 0 Å². The normalized spacial score (nSPS) is 10.2. The van der Waals surface area contributed by atoms with Gasteiger partial charge in [0.25, 0.3) is 0 Å². The summed E-state index contributed by atoms with van der Waals surface area (Å²) in [6.07, 6.45) is 0.787. The standard InChI is InChI=1S/C14H10Cl2O2/c1-18-14-3-2-9(8-17)4-13(14)10-5-11(15)7-12(16)6-10/h2-8H,1H3. The van der Waals surface area contributed by atoms with Gasteiger partial charge in [0.15, 0.2) is 0 Å². The van der Waals surface area contributed by atoms with Crippen molar-refractivity contribution in [3.63, 3.8) is 0 Å². The number of aldehydes is 1. The zero-order valence-electron chi connectivity index (χ0n) is 9.61. The maximum absolute atomic E-state index is 10.8. The molecule has 0 radical (unpaired) electrons. The third-order valence-corrected chi connectivity index (χ3v) is 2.97. The van der Waals surface area contributed by atoms with E-state index in [9.17, 15) is 4.79 Å². The highest BCUT2D eigenvalue weighted by Gasteiger charge is 2.08. The molecule has 0 atom stereocenters. The third-order valence-electron chi connectivity index (χ3n) is 2.53. The molecule has 0 bridgehead atoms. The van der Waals surface area contributed by atoms with E-state index >= 15 is 0 Å². The SMILES string of the molecule is COc1ccc(C=O)cc1-c1cc(Cl)cc(Cl)c1. The van der Waals surface area contributed by atoms with Crippen molar-refractivity contribution in [3.05, 3.63) is 52.0 Å². The largest absolute Gasteiger partial charge is 0.496 e. The van der Waals surface area contributed by atoms with E-state index in [1.165, 1.54) is 0 Å². The Morgan fingerprint density at radius 1 is 1.06 bits per heavy atom. The van der Waals surface area contributed by atoms with Gasteiger partial charge in [-0.1, -0.05) is 23.2 Å². The number of halogens is 2. The van der Waals surface area contributed by atoms with Crippen molar-refractivity contribution in [2.24, 2.45) is 0 Å². The van der Waals surface area contributed by atoms with Crippen LogP contribution in [-0.2, 0) is 0 Å².